The van der Waals surface area contributed by atoms with Crippen molar-refractivity contribution in [1.29, 1.82) is 0 Å². The van der Waals surface area contributed by atoms with E-state index in [0.29, 0.717) is 12.2 Å². The molecule has 0 aliphatic heterocycles. The van der Waals surface area contributed by atoms with E-state index in [0.717, 1.165) is 17.7 Å². The molecule has 2 aromatic rings. The second kappa shape index (κ2) is 4.45. The van der Waals surface area contributed by atoms with Crippen LogP contribution in [0.1, 0.15) is 11.3 Å². The highest BCUT2D eigenvalue weighted by molar-refractivity contribution is 5.42. The van der Waals surface area contributed by atoms with Crippen molar-refractivity contribution in [2.75, 3.05) is 5.73 Å². The van der Waals surface area contributed by atoms with E-state index in [2.05, 4.69) is 5.10 Å². The summed E-state index contributed by atoms with van der Waals surface area (Å²) in [4.78, 5) is 11.7. The molecule has 2 aromatic heterocycles. The van der Waals surface area contributed by atoms with Crippen LogP contribution in [-0.4, -0.2) is 14.3 Å². The first-order chi connectivity index (χ1) is 8.08. The lowest BCUT2D eigenvalue weighted by atomic mass is 10.2. The van der Waals surface area contributed by atoms with Gasteiger partial charge in [0.25, 0.3) is 5.56 Å². The van der Waals surface area contributed by atoms with Gasteiger partial charge in [0.1, 0.15) is 0 Å². The topological polar surface area (TPSA) is 65.8 Å². The standard InChI is InChI=1S/C12H16N4O/c1-9-7-12(17)16(8-11(9)13)6-4-10-3-5-14-15(10)2/h3,5,7-8H,4,6,13H2,1-2H3. The summed E-state index contributed by atoms with van der Waals surface area (Å²) in [6, 6.07) is 3.52. The van der Waals surface area contributed by atoms with Crippen molar-refractivity contribution < 1.29 is 0 Å². The number of hydrogen-bond donors (Lipinski definition) is 1. The normalized spacial score (nSPS) is 10.7. The number of aryl methyl sites for hydroxylation is 4. The molecule has 2 rings (SSSR count). The molecule has 5 heteroatoms. The van der Waals surface area contributed by atoms with E-state index in [1.54, 1.807) is 23.0 Å². The van der Waals surface area contributed by atoms with Gasteiger partial charge in [0, 0.05) is 44.2 Å². The molecule has 0 aromatic carbocycles. The van der Waals surface area contributed by atoms with Gasteiger partial charge in [-0.25, -0.2) is 0 Å². The Morgan fingerprint density at radius 3 is 2.88 bits per heavy atom. The summed E-state index contributed by atoms with van der Waals surface area (Å²) >= 11 is 0. The Labute approximate surface area is 99.5 Å². The van der Waals surface area contributed by atoms with Crippen LogP contribution in [0.3, 0.4) is 0 Å². The highest BCUT2D eigenvalue weighted by Gasteiger charge is 2.03. The third-order valence-corrected chi connectivity index (χ3v) is 2.90. The summed E-state index contributed by atoms with van der Waals surface area (Å²) in [6.07, 6.45) is 4.22. The van der Waals surface area contributed by atoms with Crippen molar-refractivity contribution in [3.8, 4) is 0 Å². The Kier molecular flexibility index (Phi) is 2.99. The maximum Gasteiger partial charge on any atom is 0.250 e. The van der Waals surface area contributed by atoms with Crippen LogP contribution in [0.5, 0.6) is 0 Å². The van der Waals surface area contributed by atoms with Crippen molar-refractivity contribution in [3.63, 3.8) is 0 Å². The van der Waals surface area contributed by atoms with Crippen LogP contribution in [0.25, 0.3) is 0 Å². The number of pyridine rings is 1. The molecule has 0 bridgehead atoms. The molecule has 0 saturated carbocycles. The minimum atomic E-state index is -0.0149. The van der Waals surface area contributed by atoms with E-state index >= 15 is 0 Å². The molecular formula is C12H16N4O. The Hall–Kier alpha value is -2.04. The van der Waals surface area contributed by atoms with Gasteiger partial charge in [0.2, 0.25) is 0 Å². The zero-order chi connectivity index (χ0) is 12.4. The molecule has 0 unspecified atom stereocenters. The Balaban J connectivity index is 2.17. The molecule has 5 nitrogen and oxygen atoms in total. The fourth-order valence-corrected chi connectivity index (χ4v) is 1.74. The van der Waals surface area contributed by atoms with Crippen LogP contribution in [0.2, 0.25) is 0 Å². The number of anilines is 1. The summed E-state index contributed by atoms with van der Waals surface area (Å²) in [7, 11) is 1.89. The first-order valence-electron chi connectivity index (χ1n) is 5.51. The minimum absolute atomic E-state index is 0.0149. The Morgan fingerprint density at radius 1 is 1.47 bits per heavy atom. The minimum Gasteiger partial charge on any atom is -0.397 e. The summed E-state index contributed by atoms with van der Waals surface area (Å²) in [5, 5.41) is 4.09. The molecule has 0 amide bonds. The molecule has 0 saturated heterocycles. The zero-order valence-electron chi connectivity index (χ0n) is 10.1. The van der Waals surface area contributed by atoms with E-state index in [1.807, 2.05) is 24.7 Å². The maximum atomic E-state index is 11.7. The number of hydrogen-bond acceptors (Lipinski definition) is 3. The Morgan fingerprint density at radius 2 is 2.24 bits per heavy atom. The average Bonchev–Trinajstić information content (AvgIpc) is 2.68. The van der Waals surface area contributed by atoms with Gasteiger partial charge in [-0.2, -0.15) is 5.10 Å². The van der Waals surface area contributed by atoms with Crippen molar-refractivity contribution in [3.05, 3.63) is 46.1 Å². The van der Waals surface area contributed by atoms with E-state index < -0.39 is 0 Å². The van der Waals surface area contributed by atoms with Gasteiger partial charge in [-0.1, -0.05) is 0 Å². The van der Waals surface area contributed by atoms with Crippen molar-refractivity contribution in [2.24, 2.45) is 7.05 Å². The average molecular weight is 232 g/mol. The predicted octanol–water partition coefficient (Wildman–Crippen LogP) is 0.715. The van der Waals surface area contributed by atoms with Crippen molar-refractivity contribution >= 4 is 5.69 Å². The summed E-state index contributed by atoms with van der Waals surface area (Å²) in [5.41, 5.74) is 8.34. The van der Waals surface area contributed by atoms with Crippen LogP contribution in [0, 0.1) is 6.92 Å². The molecule has 0 aliphatic rings. The lowest BCUT2D eigenvalue weighted by molar-refractivity contribution is 0.623. The fourth-order valence-electron chi connectivity index (χ4n) is 1.74. The van der Waals surface area contributed by atoms with Crippen molar-refractivity contribution in [2.45, 2.75) is 19.9 Å². The van der Waals surface area contributed by atoms with Crippen LogP contribution in [0.4, 0.5) is 5.69 Å². The monoisotopic (exact) mass is 232 g/mol. The van der Waals surface area contributed by atoms with Gasteiger partial charge < -0.3 is 10.3 Å². The molecule has 0 aliphatic carbocycles. The highest BCUT2D eigenvalue weighted by Crippen LogP contribution is 2.06. The molecule has 0 fully saturated rings. The summed E-state index contributed by atoms with van der Waals surface area (Å²) in [5.74, 6) is 0. The molecular weight excluding hydrogens is 216 g/mol. The van der Waals surface area contributed by atoms with Crippen LogP contribution >= 0.6 is 0 Å². The second-order valence-electron chi connectivity index (χ2n) is 4.14. The molecule has 0 radical (unpaired) electrons. The largest absolute Gasteiger partial charge is 0.397 e. The third kappa shape index (κ3) is 2.38. The van der Waals surface area contributed by atoms with Gasteiger partial charge in [0.05, 0.1) is 5.69 Å². The van der Waals surface area contributed by atoms with Crippen LogP contribution in [-0.2, 0) is 20.0 Å². The number of aromatic nitrogens is 3. The maximum absolute atomic E-state index is 11.7. The van der Waals surface area contributed by atoms with Gasteiger partial charge in [0.15, 0.2) is 0 Å². The summed E-state index contributed by atoms with van der Waals surface area (Å²) in [6.45, 7) is 2.45. The number of nitrogen functional groups attached to an aromatic ring is 1. The number of nitrogens with zero attached hydrogens (tertiary/aromatic N) is 3. The first-order valence-corrected chi connectivity index (χ1v) is 5.51. The lowest BCUT2D eigenvalue weighted by Gasteiger charge is -2.08. The third-order valence-electron chi connectivity index (χ3n) is 2.90. The fraction of sp³-hybridized carbons (Fsp3) is 0.333. The number of rotatable bonds is 3. The first kappa shape index (κ1) is 11.4. The molecule has 2 N–H and O–H groups in total. The van der Waals surface area contributed by atoms with E-state index in [4.69, 9.17) is 5.73 Å². The SMILES string of the molecule is Cc1cc(=O)n(CCc2ccnn2C)cc1N. The van der Waals surface area contributed by atoms with Crippen LogP contribution < -0.4 is 11.3 Å². The quantitative estimate of drug-likeness (QED) is 0.847. The number of nitrogens with two attached hydrogens (primary N) is 1. The zero-order valence-corrected chi connectivity index (χ0v) is 10.1. The van der Waals surface area contributed by atoms with Crippen LogP contribution in [0.15, 0.2) is 29.3 Å². The van der Waals surface area contributed by atoms with Crippen molar-refractivity contribution in [1.82, 2.24) is 14.3 Å². The van der Waals surface area contributed by atoms with Gasteiger partial charge in [-0.05, 0) is 18.6 Å². The highest BCUT2D eigenvalue weighted by atomic mass is 16.1. The molecule has 90 valence electrons. The smallest absolute Gasteiger partial charge is 0.250 e. The molecule has 0 atom stereocenters. The van der Waals surface area contributed by atoms with Gasteiger partial charge in [-0.3, -0.25) is 9.48 Å². The van der Waals surface area contributed by atoms with E-state index in [1.165, 1.54) is 0 Å². The lowest BCUT2D eigenvalue weighted by Crippen LogP contribution is -2.21. The van der Waals surface area contributed by atoms with E-state index in [9.17, 15) is 4.79 Å². The van der Waals surface area contributed by atoms with Gasteiger partial charge in [-0.15, -0.1) is 0 Å². The summed E-state index contributed by atoms with van der Waals surface area (Å²) < 4.78 is 3.44. The molecule has 2 heterocycles. The predicted molar refractivity (Wildman–Crippen MR) is 66.8 cm³/mol. The Bertz CT molecular complexity index is 582. The molecule has 0 spiro atoms. The second-order valence-corrected chi connectivity index (χ2v) is 4.14. The molecule has 17 heavy (non-hydrogen) atoms. The van der Waals surface area contributed by atoms with E-state index in [-0.39, 0.29) is 5.56 Å². The van der Waals surface area contributed by atoms with Gasteiger partial charge >= 0.3 is 0 Å².